The van der Waals surface area contributed by atoms with Crippen molar-refractivity contribution >= 4 is 0 Å². The van der Waals surface area contributed by atoms with E-state index < -0.39 is 6.29 Å². The van der Waals surface area contributed by atoms with E-state index in [9.17, 15) is 0 Å². The zero-order valence-corrected chi connectivity index (χ0v) is 6.44. The number of nitrogens with zero attached hydrogens (tertiary/aromatic N) is 2. The molecule has 0 saturated heterocycles. The molecule has 1 rings (SSSR count). The topological polar surface area (TPSA) is 58.3 Å². The van der Waals surface area contributed by atoms with Crippen LogP contribution in [0.1, 0.15) is 12.2 Å². The average molecular weight is 156 g/mol. The van der Waals surface area contributed by atoms with Gasteiger partial charge in [-0.1, -0.05) is 0 Å². The number of imidazole rings is 1. The predicted molar refractivity (Wildman–Crippen MR) is 39.8 cm³/mol. The minimum Gasteiger partial charge on any atom is -0.368 e. The lowest BCUT2D eigenvalue weighted by molar-refractivity contribution is -0.0451. The third kappa shape index (κ3) is 2.32. The molecule has 2 N–H and O–H groups in total. The van der Waals surface area contributed by atoms with E-state index in [1.54, 1.807) is 6.20 Å². The van der Waals surface area contributed by atoms with Gasteiger partial charge in [-0.25, -0.2) is 4.98 Å². The summed E-state index contributed by atoms with van der Waals surface area (Å²) in [5.41, 5.74) is 0. The second-order valence-corrected chi connectivity index (χ2v) is 2.47. The number of aryl methyl sites for hydroxylation is 2. The summed E-state index contributed by atoms with van der Waals surface area (Å²) in [6.45, 7) is 0. The molecule has 0 aliphatic heterocycles. The van der Waals surface area contributed by atoms with Crippen LogP contribution in [0.3, 0.4) is 0 Å². The Morgan fingerprint density at radius 2 is 2.36 bits per heavy atom. The van der Waals surface area contributed by atoms with Crippen molar-refractivity contribution in [1.82, 2.24) is 9.55 Å². The van der Waals surface area contributed by atoms with E-state index >= 15 is 0 Å². The normalized spacial score (nSPS) is 10.9. The molecule has 0 unspecified atom stereocenters. The first-order valence-corrected chi connectivity index (χ1v) is 3.52. The van der Waals surface area contributed by atoms with E-state index in [0.29, 0.717) is 12.8 Å². The van der Waals surface area contributed by atoms with Gasteiger partial charge in [-0.05, 0) is 0 Å². The summed E-state index contributed by atoms with van der Waals surface area (Å²) >= 11 is 0. The highest BCUT2D eigenvalue weighted by Crippen LogP contribution is 1.99. The van der Waals surface area contributed by atoms with Crippen molar-refractivity contribution in [2.24, 2.45) is 7.05 Å². The van der Waals surface area contributed by atoms with Gasteiger partial charge in [0.1, 0.15) is 5.82 Å². The van der Waals surface area contributed by atoms with Crippen molar-refractivity contribution in [3.8, 4) is 0 Å². The smallest absolute Gasteiger partial charge is 0.151 e. The lowest BCUT2D eigenvalue weighted by atomic mass is 10.3. The molecule has 0 atom stereocenters. The standard InChI is InChI=1S/C7H12N2O2/c1-9-5-4-8-6(9)2-3-7(10)11/h4-5,7,10-11H,2-3H2,1H3. The first kappa shape index (κ1) is 8.23. The van der Waals surface area contributed by atoms with E-state index in [-0.39, 0.29) is 0 Å². The van der Waals surface area contributed by atoms with E-state index in [4.69, 9.17) is 10.2 Å². The summed E-state index contributed by atoms with van der Waals surface area (Å²) in [7, 11) is 1.88. The zero-order valence-electron chi connectivity index (χ0n) is 6.44. The molecule has 0 aliphatic rings. The average Bonchev–Trinajstić information content (AvgIpc) is 2.31. The SMILES string of the molecule is Cn1ccnc1CCC(O)O. The largest absolute Gasteiger partial charge is 0.368 e. The molecular weight excluding hydrogens is 144 g/mol. The monoisotopic (exact) mass is 156 g/mol. The highest BCUT2D eigenvalue weighted by molar-refractivity contribution is 4.90. The van der Waals surface area contributed by atoms with Crippen LogP contribution in [-0.4, -0.2) is 26.1 Å². The fourth-order valence-electron chi connectivity index (χ4n) is 0.896. The molecule has 0 saturated carbocycles. The van der Waals surface area contributed by atoms with Gasteiger partial charge in [0.15, 0.2) is 6.29 Å². The summed E-state index contributed by atoms with van der Waals surface area (Å²) in [5.74, 6) is 0.873. The molecule has 0 radical (unpaired) electrons. The quantitative estimate of drug-likeness (QED) is 0.589. The summed E-state index contributed by atoms with van der Waals surface area (Å²) < 4.78 is 1.86. The van der Waals surface area contributed by atoms with Gasteiger partial charge in [0.05, 0.1) is 0 Å². The van der Waals surface area contributed by atoms with Crippen LogP contribution in [0, 0.1) is 0 Å². The first-order valence-electron chi connectivity index (χ1n) is 3.52. The Morgan fingerprint density at radius 3 is 2.82 bits per heavy atom. The molecule has 0 amide bonds. The summed E-state index contributed by atoms with van der Waals surface area (Å²) in [6.07, 6.45) is 3.23. The van der Waals surface area contributed by atoms with Crippen LogP contribution in [0.2, 0.25) is 0 Å². The molecule has 1 aromatic heterocycles. The molecular formula is C7H12N2O2. The van der Waals surface area contributed by atoms with Crippen LogP contribution in [0.4, 0.5) is 0 Å². The number of aromatic nitrogens is 2. The van der Waals surface area contributed by atoms with Crippen LogP contribution in [0.25, 0.3) is 0 Å². The Kier molecular flexibility index (Phi) is 2.62. The predicted octanol–water partition coefficient (Wildman–Crippen LogP) is -0.337. The maximum Gasteiger partial charge on any atom is 0.151 e. The Labute approximate surface area is 65.1 Å². The van der Waals surface area contributed by atoms with E-state index in [1.165, 1.54) is 0 Å². The maximum atomic E-state index is 8.56. The number of aliphatic hydroxyl groups is 2. The van der Waals surface area contributed by atoms with E-state index in [1.807, 2.05) is 17.8 Å². The van der Waals surface area contributed by atoms with Gasteiger partial charge < -0.3 is 14.8 Å². The first-order chi connectivity index (χ1) is 5.20. The Morgan fingerprint density at radius 1 is 1.64 bits per heavy atom. The molecule has 4 nitrogen and oxygen atoms in total. The second kappa shape index (κ2) is 3.50. The molecule has 0 aromatic carbocycles. The van der Waals surface area contributed by atoms with Crippen LogP contribution in [-0.2, 0) is 13.5 Å². The van der Waals surface area contributed by atoms with Crippen LogP contribution >= 0.6 is 0 Å². The van der Waals surface area contributed by atoms with Gasteiger partial charge in [0.2, 0.25) is 0 Å². The van der Waals surface area contributed by atoms with Crippen molar-refractivity contribution < 1.29 is 10.2 Å². The zero-order chi connectivity index (χ0) is 8.27. The van der Waals surface area contributed by atoms with Crippen LogP contribution in [0.15, 0.2) is 12.4 Å². The minimum absolute atomic E-state index is 0.338. The van der Waals surface area contributed by atoms with Gasteiger partial charge in [-0.15, -0.1) is 0 Å². The molecule has 0 fully saturated rings. The number of aliphatic hydroxyl groups excluding tert-OH is 1. The van der Waals surface area contributed by atoms with Crippen molar-refractivity contribution in [1.29, 1.82) is 0 Å². The van der Waals surface area contributed by atoms with Gasteiger partial charge in [-0.3, -0.25) is 0 Å². The van der Waals surface area contributed by atoms with Gasteiger partial charge in [0, 0.05) is 32.3 Å². The summed E-state index contributed by atoms with van der Waals surface area (Å²) in [4.78, 5) is 4.03. The Bertz CT molecular complexity index is 220. The molecule has 1 aromatic rings. The molecule has 1 heterocycles. The minimum atomic E-state index is -1.23. The fraction of sp³-hybridized carbons (Fsp3) is 0.571. The van der Waals surface area contributed by atoms with Crippen LogP contribution < -0.4 is 0 Å². The third-order valence-corrected chi connectivity index (χ3v) is 1.55. The Hall–Kier alpha value is -0.870. The molecule has 62 valence electrons. The second-order valence-electron chi connectivity index (χ2n) is 2.47. The van der Waals surface area contributed by atoms with Gasteiger partial charge in [-0.2, -0.15) is 0 Å². The number of hydrogen-bond donors (Lipinski definition) is 2. The molecule has 4 heteroatoms. The molecule has 11 heavy (non-hydrogen) atoms. The summed E-state index contributed by atoms with van der Waals surface area (Å²) in [5, 5.41) is 17.1. The molecule has 0 bridgehead atoms. The van der Waals surface area contributed by atoms with E-state index in [0.717, 1.165) is 5.82 Å². The highest BCUT2D eigenvalue weighted by Gasteiger charge is 2.02. The van der Waals surface area contributed by atoms with Crippen molar-refractivity contribution in [3.63, 3.8) is 0 Å². The van der Waals surface area contributed by atoms with Crippen molar-refractivity contribution in [2.45, 2.75) is 19.1 Å². The molecule has 0 spiro atoms. The number of rotatable bonds is 3. The lowest BCUT2D eigenvalue weighted by Crippen LogP contribution is -2.08. The maximum absolute atomic E-state index is 8.56. The van der Waals surface area contributed by atoms with Gasteiger partial charge >= 0.3 is 0 Å². The lowest BCUT2D eigenvalue weighted by Gasteiger charge is -2.02. The highest BCUT2D eigenvalue weighted by atomic mass is 16.5. The van der Waals surface area contributed by atoms with Crippen LogP contribution in [0.5, 0.6) is 0 Å². The van der Waals surface area contributed by atoms with Gasteiger partial charge in [0.25, 0.3) is 0 Å². The number of hydrogen-bond acceptors (Lipinski definition) is 3. The van der Waals surface area contributed by atoms with Crippen molar-refractivity contribution in [3.05, 3.63) is 18.2 Å². The van der Waals surface area contributed by atoms with Crippen molar-refractivity contribution in [2.75, 3.05) is 0 Å². The third-order valence-electron chi connectivity index (χ3n) is 1.55. The van der Waals surface area contributed by atoms with E-state index in [2.05, 4.69) is 4.98 Å². The summed E-state index contributed by atoms with van der Waals surface area (Å²) in [6, 6.07) is 0. The Balaban J connectivity index is 2.44. The molecule has 0 aliphatic carbocycles. The fourth-order valence-corrected chi connectivity index (χ4v) is 0.896.